The molecule has 0 amide bonds. The van der Waals surface area contributed by atoms with Gasteiger partial charge in [-0.05, 0) is 16.6 Å². The maximum atomic E-state index is 12.3. The number of rotatable bonds is 5. The molecule has 0 radical (unpaired) electrons. The van der Waals surface area contributed by atoms with Gasteiger partial charge in [0.25, 0.3) is 3.79 Å². The van der Waals surface area contributed by atoms with E-state index in [0.717, 1.165) is 0 Å². The van der Waals surface area contributed by atoms with Gasteiger partial charge in [-0.15, -0.1) is 0 Å². The van der Waals surface area contributed by atoms with Gasteiger partial charge >= 0.3 is 0 Å². The summed E-state index contributed by atoms with van der Waals surface area (Å²) in [7, 11) is -1.97. The summed E-state index contributed by atoms with van der Waals surface area (Å²) in [5.74, 6) is -0.583. The van der Waals surface area contributed by atoms with Crippen LogP contribution in [-0.4, -0.2) is 22.0 Å². The van der Waals surface area contributed by atoms with Crippen molar-refractivity contribution in [2.75, 3.05) is 0 Å². The number of ketones is 1. The van der Waals surface area contributed by atoms with Crippen LogP contribution in [0.1, 0.15) is 51.9 Å². The van der Waals surface area contributed by atoms with Crippen LogP contribution >= 0.6 is 46.4 Å². The number of hydrogen-bond acceptors (Lipinski definition) is 1. The Morgan fingerprint density at radius 1 is 1.00 bits per heavy atom. The van der Waals surface area contributed by atoms with E-state index in [4.69, 9.17) is 46.4 Å². The highest BCUT2D eigenvalue weighted by Crippen LogP contribution is 2.44. The first kappa shape index (κ1) is 20.4. The second-order valence-corrected chi connectivity index (χ2v) is 15.0. The highest BCUT2D eigenvalue weighted by atomic mass is 35.6. The fraction of sp³-hybridized carbons (Fsp3) is 0.667. The van der Waals surface area contributed by atoms with Gasteiger partial charge in [-0.1, -0.05) is 87.9 Å². The standard InChI is InChI=1S/C15H23Cl4NOSi/c1-9(2)22(10(3)4,11(5)6)20-7-12(13(16)8-20)14(21)15(17,18)19/h7-11H,1-6H3. The highest BCUT2D eigenvalue weighted by molar-refractivity contribution is 6.82. The molecule has 0 aliphatic heterocycles. The van der Waals surface area contributed by atoms with Gasteiger partial charge in [-0.25, -0.2) is 0 Å². The van der Waals surface area contributed by atoms with Crippen LogP contribution in [0.25, 0.3) is 0 Å². The zero-order valence-electron chi connectivity index (χ0n) is 13.8. The summed E-state index contributed by atoms with van der Waals surface area (Å²) in [4.78, 5) is 12.3. The normalized spacial score (nSPS) is 13.5. The van der Waals surface area contributed by atoms with E-state index in [0.29, 0.717) is 21.6 Å². The third kappa shape index (κ3) is 3.54. The Hall–Kier alpha value is 0.327. The summed E-state index contributed by atoms with van der Waals surface area (Å²) in [5.41, 5.74) is 1.71. The molecule has 0 atom stereocenters. The van der Waals surface area contributed by atoms with Crippen molar-refractivity contribution in [2.45, 2.75) is 62.0 Å². The summed E-state index contributed by atoms with van der Waals surface area (Å²) in [6.45, 7) is 13.4. The van der Waals surface area contributed by atoms with Crippen LogP contribution in [0, 0.1) is 0 Å². The lowest BCUT2D eigenvalue weighted by molar-refractivity contribution is 0.0996. The topological polar surface area (TPSA) is 22.0 Å². The van der Waals surface area contributed by atoms with Crippen LogP contribution in [0.4, 0.5) is 0 Å². The molecule has 1 aromatic rings. The lowest BCUT2D eigenvalue weighted by Crippen LogP contribution is -2.51. The lowest BCUT2D eigenvalue weighted by Gasteiger charge is -2.44. The first-order chi connectivity index (χ1) is 9.86. The second kappa shape index (κ2) is 7.06. The van der Waals surface area contributed by atoms with Crippen LogP contribution in [0.3, 0.4) is 0 Å². The molecule has 0 N–H and O–H groups in total. The first-order valence-corrected chi connectivity index (χ1v) is 11.0. The average Bonchev–Trinajstić information content (AvgIpc) is 2.68. The van der Waals surface area contributed by atoms with Gasteiger partial charge in [-0.3, -0.25) is 4.79 Å². The van der Waals surface area contributed by atoms with Crippen molar-refractivity contribution in [3.63, 3.8) is 0 Å². The number of carbonyl (C=O) groups is 1. The van der Waals surface area contributed by atoms with Crippen LogP contribution < -0.4 is 0 Å². The summed E-state index contributed by atoms with van der Waals surface area (Å²) in [6.07, 6.45) is 3.61. The maximum Gasteiger partial charge on any atom is 0.253 e. The van der Waals surface area contributed by atoms with E-state index >= 15 is 0 Å². The van der Waals surface area contributed by atoms with E-state index in [2.05, 4.69) is 45.8 Å². The molecule has 0 bridgehead atoms. The van der Waals surface area contributed by atoms with Crippen molar-refractivity contribution in [1.29, 1.82) is 0 Å². The van der Waals surface area contributed by atoms with Crippen molar-refractivity contribution in [1.82, 2.24) is 4.23 Å². The van der Waals surface area contributed by atoms with Crippen molar-refractivity contribution in [2.24, 2.45) is 0 Å². The Morgan fingerprint density at radius 3 is 1.73 bits per heavy atom. The minimum atomic E-state index is -1.99. The number of alkyl halides is 3. The number of halogens is 4. The van der Waals surface area contributed by atoms with E-state index in [1.165, 1.54) is 0 Å². The number of nitrogens with zero attached hydrogens (tertiary/aromatic N) is 1. The Morgan fingerprint density at radius 2 is 1.41 bits per heavy atom. The summed E-state index contributed by atoms with van der Waals surface area (Å²) in [6, 6.07) is 0. The molecule has 7 heteroatoms. The second-order valence-electron chi connectivity index (χ2n) is 6.61. The molecular weight excluding hydrogens is 380 g/mol. The van der Waals surface area contributed by atoms with Gasteiger partial charge in [0.2, 0.25) is 5.78 Å². The third-order valence-corrected chi connectivity index (χ3v) is 12.0. The van der Waals surface area contributed by atoms with E-state index in [1.54, 1.807) is 6.20 Å². The Kier molecular flexibility index (Phi) is 6.54. The monoisotopic (exact) mass is 401 g/mol. The molecule has 2 nitrogen and oxygen atoms in total. The van der Waals surface area contributed by atoms with E-state index < -0.39 is 17.8 Å². The summed E-state index contributed by atoms with van der Waals surface area (Å²) in [5, 5.41) is 0.343. The molecule has 1 aromatic heterocycles. The zero-order chi connectivity index (χ0) is 17.5. The molecule has 0 saturated carbocycles. The smallest absolute Gasteiger partial charge is 0.253 e. The van der Waals surface area contributed by atoms with Gasteiger partial charge < -0.3 is 4.23 Å². The van der Waals surface area contributed by atoms with Gasteiger partial charge in [-0.2, -0.15) is 0 Å². The molecule has 0 aliphatic carbocycles. The van der Waals surface area contributed by atoms with Gasteiger partial charge in [0.15, 0.2) is 8.24 Å². The zero-order valence-corrected chi connectivity index (χ0v) is 17.8. The largest absolute Gasteiger partial charge is 0.378 e. The molecule has 1 heterocycles. The van der Waals surface area contributed by atoms with Gasteiger partial charge in [0, 0.05) is 12.4 Å². The molecule has 0 fully saturated rings. The third-order valence-electron chi connectivity index (χ3n) is 4.50. The molecule has 22 heavy (non-hydrogen) atoms. The Balaban J connectivity index is 3.52. The van der Waals surface area contributed by atoms with E-state index in [1.807, 2.05) is 6.20 Å². The van der Waals surface area contributed by atoms with Gasteiger partial charge in [0.1, 0.15) is 0 Å². The predicted molar refractivity (Wildman–Crippen MR) is 101 cm³/mol. The molecule has 1 rings (SSSR count). The quantitative estimate of drug-likeness (QED) is 0.304. The lowest BCUT2D eigenvalue weighted by atomic mass is 10.2. The molecular formula is C15H23Cl4NOSi. The Bertz CT molecular complexity index is 524. The number of aromatic nitrogens is 1. The minimum absolute atomic E-state index is 0.278. The molecule has 126 valence electrons. The maximum absolute atomic E-state index is 12.3. The molecule has 0 aromatic carbocycles. The van der Waals surface area contributed by atoms with Crippen molar-refractivity contribution in [3.05, 3.63) is 23.0 Å². The predicted octanol–water partition coefficient (Wildman–Crippen LogP) is 6.72. The molecule has 0 saturated heterocycles. The fourth-order valence-corrected chi connectivity index (χ4v) is 11.0. The first-order valence-electron chi connectivity index (χ1n) is 7.36. The van der Waals surface area contributed by atoms with Crippen molar-refractivity contribution < 1.29 is 4.79 Å². The van der Waals surface area contributed by atoms with Crippen LogP contribution in [0.15, 0.2) is 12.4 Å². The van der Waals surface area contributed by atoms with Crippen molar-refractivity contribution >= 4 is 60.4 Å². The minimum Gasteiger partial charge on any atom is -0.378 e. The van der Waals surface area contributed by atoms with E-state index in [9.17, 15) is 4.79 Å². The number of hydrogen-bond donors (Lipinski definition) is 0. The van der Waals surface area contributed by atoms with Crippen molar-refractivity contribution in [3.8, 4) is 0 Å². The summed E-state index contributed by atoms with van der Waals surface area (Å²) >= 11 is 23.4. The van der Waals surface area contributed by atoms with E-state index in [-0.39, 0.29) is 5.56 Å². The SMILES string of the molecule is CC(C)[Si](C(C)C)(C(C)C)n1cc(Cl)c(C(=O)C(Cl)(Cl)Cl)c1. The van der Waals surface area contributed by atoms with Gasteiger partial charge in [0.05, 0.1) is 10.6 Å². The van der Waals surface area contributed by atoms with Crippen LogP contribution in [0.2, 0.25) is 21.6 Å². The van der Waals surface area contributed by atoms with Crippen LogP contribution in [-0.2, 0) is 0 Å². The molecule has 0 aliphatic rings. The number of carbonyl (C=O) groups excluding carboxylic acids is 1. The average molecular weight is 403 g/mol. The number of Topliss-reactive ketones (excluding diaryl/α,β-unsaturated/α-hetero) is 1. The fourth-order valence-electron chi connectivity index (χ4n) is 3.87. The molecule has 0 unspecified atom stereocenters. The summed E-state index contributed by atoms with van der Waals surface area (Å²) < 4.78 is 0.173. The highest BCUT2D eigenvalue weighted by Gasteiger charge is 2.46. The Labute approximate surface area is 154 Å². The van der Waals surface area contributed by atoms with Crippen LogP contribution in [0.5, 0.6) is 0 Å². The molecule has 0 spiro atoms.